The van der Waals surface area contributed by atoms with E-state index in [1.807, 2.05) is 16.7 Å². The Bertz CT molecular complexity index is 1060. The summed E-state index contributed by atoms with van der Waals surface area (Å²) in [6, 6.07) is 12.1. The summed E-state index contributed by atoms with van der Waals surface area (Å²) in [7, 11) is 1.60. The van der Waals surface area contributed by atoms with Crippen LogP contribution in [0.4, 0.5) is 0 Å². The largest absolute Gasteiger partial charge is 0.484 e. The van der Waals surface area contributed by atoms with Crippen LogP contribution < -0.4 is 14.8 Å². The van der Waals surface area contributed by atoms with Gasteiger partial charge >= 0.3 is 0 Å². The van der Waals surface area contributed by atoms with Crippen molar-refractivity contribution in [3.8, 4) is 11.6 Å². The van der Waals surface area contributed by atoms with Crippen molar-refractivity contribution in [1.29, 1.82) is 0 Å². The minimum atomic E-state index is -0.204. The van der Waals surface area contributed by atoms with Crippen LogP contribution in [0.15, 0.2) is 42.6 Å². The lowest BCUT2D eigenvalue weighted by molar-refractivity contribution is 0.0850. The zero-order valence-electron chi connectivity index (χ0n) is 16.6. The molecule has 0 radical (unpaired) electrons. The second-order valence-electron chi connectivity index (χ2n) is 7.35. The van der Waals surface area contributed by atoms with E-state index in [1.54, 1.807) is 13.2 Å². The number of pyridine rings is 1. The number of amides is 1. The maximum Gasteiger partial charge on any atom is 0.288 e. The van der Waals surface area contributed by atoms with E-state index >= 15 is 0 Å². The lowest BCUT2D eigenvalue weighted by Gasteiger charge is -2.28. The van der Waals surface area contributed by atoms with Gasteiger partial charge in [0.1, 0.15) is 12.4 Å². The summed E-state index contributed by atoms with van der Waals surface area (Å²) in [6.07, 6.45) is 1.53. The molecule has 1 amide bonds. The van der Waals surface area contributed by atoms with Crippen LogP contribution in [-0.4, -0.2) is 50.8 Å². The van der Waals surface area contributed by atoms with E-state index in [1.165, 1.54) is 5.56 Å². The molecule has 1 N–H and O–H groups in total. The lowest BCUT2D eigenvalue weighted by atomic mass is 10.1. The first-order valence-corrected chi connectivity index (χ1v) is 9.91. The summed E-state index contributed by atoms with van der Waals surface area (Å²) in [6.45, 7) is 3.46. The van der Waals surface area contributed by atoms with Gasteiger partial charge in [0, 0.05) is 32.9 Å². The van der Waals surface area contributed by atoms with Gasteiger partial charge < -0.3 is 19.4 Å². The highest BCUT2D eigenvalue weighted by Crippen LogP contribution is 2.34. The molecule has 5 rings (SSSR count). The van der Waals surface area contributed by atoms with Crippen molar-refractivity contribution >= 4 is 5.91 Å². The van der Waals surface area contributed by atoms with Crippen molar-refractivity contribution < 1.29 is 14.3 Å². The third-order valence-corrected chi connectivity index (χ3v) is 5.40. The Morgan fingerprint density at radius 1 is 1.20 bits per heavy atom. The lowest BCUT2D eigenvalue weighted by Crippen LogP contribution is -2.35. The Kier molecular flexibility index (Phi) is 4.80. The van der Waals surface area contributed by atoms with Gasteiger partial charge in [0.05, 0.1) is 6.54 Å². The summed E-state index contributed by atoms with van der Waals surface area (Å²) in [4.78, 5) is 18.4. The molecule has 2 aliphatic heterocycles. The molecule has 154 valence electrons. The highest BCUT2D eigenvalue weighted by Gasteiger charge is 2.25. The number of carbonyl (C=O) groups excluding carboxylic acids is 1. The van der Waals surface area contributed by atoms with E-state index in [0.717, 1.165) is 24.5 Å². The number of rotatable bonds is 4. The molecule has 0 saturated carbocycles. The zero-order valence-corrected chi connectivity index (χ0v) is 16.6. The molecule has 1 unspecified atom stereocenters. The molecule has 3 aromatic rings. The van der Waals surface area contributed by atoms with Gasteiger partial charge in [-0.3, -0.25) is 9.69 Å². The number of benzene rings is 1. The minimum absolute atomic E-state index is 0.168. The highest BCUT2D eigenvalue weighted by molar-refractivity contribution is 5.90. The van der Waals surface area contributed by atoms with Gasteiger partial charge in [-0.2, -0.15) is 0 Å². The summed E-state index contributed by atoms with van der Waals surface area (Å²) < 4.78 is 13.6. The molecule has 4 heterocycles. The molecule has 2 aliphatic rings. The fourth-order valence-electron chi connectivity index (χ4n) is 3.79. The maximum atomic E-state index is 11.9. The number of fused-ring (bicyclic) bond motifs is 2. The Morgan fingerprint density at radius 3 is 2.90 bits per heavy atom. The molecule has 0 saturated heterocycles. The first kappa shape index (κ1) is 18.6. The molecule has 0 aliphatic carbocycles. The number of hydrogen-bond acceptors (Lipinski definition) is 7. The summed E-state index contributed by atoms with van der Waals surface area (Å²) in [5, 5.41) is 10.8. The first-order valence-electron chi connectivity index (χ1n) is 9.91. The van der Waals surface area contributed by atoms with E-state index < -0.39 is 0 Å². The first-order chi connectivity index (χ1) is 14.7. The van der Waals surface area contributed by atoms with Crippen molar-refractivity contribution in [1.82, 2.24) is 30.0 Å². The zero-order chi connectivity index (χ0) is 20.5. The summed E-state index contributed by atoms with van der Waals surface area (Å²) in [5.74, 6) is 2.21. The van der Waals surface area contributed by atoms with E-state index in [2.05, 4.69) is 49.7 Å². The molecular weight excluding hydrogens is 384 g/mol. The molecule has 1 aromatic carbocycles. The second kappa shape index (κ2) is 7.75. The number of carbonyl (C=O) groups is 1. The van der Waals surface area contributed by atoms with Gasteiger partial charge in [-0.25, -0.2) is 4.98 Å². The Hall–Kier alpha value is -3.46. The van der Waals surface area contributed by atoms with Crippen molar-refractivity contribution in [3.63, 3.8) is 0 Å². The number of nitrogens with one attached hydrogen (secondary N) is 1. The van der Waals surface area contributed by atoms with Crippen molar-refractivity contribution in [2.75, 3.05) is 20.2 Å². The number of aromatic nitrogens is 4. The van der Waals surface area contributed by atoms with E-state index in [-0.39, 0.29) is 12.0 Å². The minimum Gasteiger partial charge on any atom is -0.484 e. The predicted octanol–water partition coefficient (Wildman–Crippen LogP) is 1.56. The fourth-order valence-corrected chi connectivity index (χ4v) is 3.79. The van der Waals surface area contributed by atoms with Gasteiger partial charge in [-0.05, 0) is 23.3 Å². The molecule has 2 aromatic heterocycles. The van der Waals surface area contributed by atoms with Crippen LogP contribution in [-0.2, 0) is 19.6 Å². The normalized spacial score (nSPS) is 18.0. The molecule has 30 heavy (non-hydrogen) atoms. The predicted molar refractivity (Wildman–Crippen MR) is 107 cm³/mol. The maximum absolute atomic E-state index is 11.9. The molecule has 0 spiro atoms. The fraction of sp³-hybridized carbons (Fsp3) is 0.333. The number of nitrogens with zero attached hydrogens (tertiary/aromatic N) is 5. The molecule has 9 heteroatoms. The van der Waals surface area contributed by atoms with Crippen molar-refractivity contribution in [2.45, 2.75) is 25.7 Å². The number of hydrogen-bond donors (Lipinski definition) is 1. The monoisotopic (exact) mass is 406 g/mol. The molecular formula is C21H22N6O3. The highest BCUT2D eigenvalue weighted by atomic mass is 16.6. The quantitative estimate of drug-likeness (QED) is 0.703. The van der Waals surface area contributed by atoms with Gasteiger partial charge in [-0.1, -0.05) is 24.3 Å². The van der Waals surface area contributed by atoms with Crippen LogP contribution in [0.5, 0.6) is 11.6 Å². The van der Waals surface area contributed by atoms with Crippen LogP contribution in [0.1, 0.15) is 33.7 Å². The standard InChI is InChI=1S/C21H22N6O3/c1-22-20(28)19-25-24-18-12-26(9-10-27(18)19)11-14-4-6-15(7-5-14)17-13-29-16-3-2-8-23-21(16)30-17/h2-8,17H,9-13H2,1H3,(H,22,28). The smallest absolute Gasteiger partial charge is 0.288 e. The number of ether oxygens (including phenoxy) is 2. The third-order valence-electron chi connectivity index (χ3n) is 5.40. The molecule has 9 nitrogen and oxygen atoms in total. The van der Waals surface area contributed by atoms with Crippen LogP contribution >= 0.6 is 0 Å². The second-order valence-corrected chi connectivity index (χ2v) is 7.35. The van der Waals surface area contributed by atoms with Gasteiger partial charge in [0.2, 0.25) is 5.82 Å². The Balaban J connectivity index is 1.23. The van der Waals surface area contributed by atoms with Crippen LogP contribution in [0.3, 0.4) is 0 Å². The van der Waals surface area contributed by atoms with Crippen LogP contribution in [0, 0.1) is 0 Å². The third kappa shape index (κ3) is 3.48. The van der Waals surface area contributed by atoms with Crippen molar-refractivity contribution in [3.05, 3.63) is 65.4 Å². The van der Waals surface area contributed by atoms with E-state index in [9.17, 15) is 4.79 Å². The SMILES string of the molecule is CNC(=O)c1nnc2n1CCN(Cc1ccc(C3COc4cccnc4O3)cc1)C2. The van der Waals surface area contributed by atoms with Gasteiger partial charge in [0.25, 0.3) is 11.8 Å². The Morgan fingerprint density at radius 2 is 2.07 bits per heavy atom. The Labute approximate surface area is 173 Å². The topological polar surface area (TPSA) is 94.4 Å². The van der Waals surface area contributed by atoms with Gasteiger partial charge in [-0.15, -0.1) is 10.2 Å². The molecule has 0 fully saturated rings. The van der Waals surface area contributed by atoms with Crippen LogP contribution in [0.2, 0.25) is 0 Å². The summed E-state index contributed by atoms with van der Waals surface area (Å²) in [5.41, 5.74) is 2.26. The summed E-state index contributed by atoms with van der Waals surface area (Å²) >= 11 is 0. The van der Waals surface area contributed by atoms with E-state index in [4.69, 9.17) is 9.47 Å². The van der Waals surface area contributed by atoms with Gasteiger partial charge in [0.15, 0.2) is 11.9 Å². The molecule has 0 bridgehead atoms. The van der Waals surface area contributed by atoms with E-state index in [0.29, 0.717) is 37.2 Å². The molecule has 1 atom stereocenters. The van der Waals surface area contributed by atoms with Crippen molar-refractivity contribution in [2.24, 2.45) is 0 Å². The van der Waals surface area contributed by atoms with Crippen LogP contribution in [0.25, 0.3) is 0 Å². The average molecular weight is 406 g/mol. The average Bonchev–Trinajstić information content (AvgIpc) is 3.22.